The van der Waals surface area contributed by atoms with Gasteiger partial charge in [0.15, 0.2) is 0 Å². The lowest BCUT2D eigenvalue weighted by Crippen LogP contribution is -2.29. The number of nitrogens with zero attached hydrogens (tertiary/aromatic N) is 1. The zero-order valence-electron chi connectivity index (χ0n) is 18.7. The molecule has 0 aliphatic carbocycles. The molecule has 0 amide bonds. The van der Waals surface area contributed by atoms with E-state index in [2.05, 4.69) is 4.98 Å². The van der Waals surface area contributed by atoms with Crippen LogP contribution in [0.25, 0.3) is 32.1 Å². The number of benzene rings is 2. The van der Waals surface area contributed by atoms with Crippen molar-refractivity contribution in [1.29, 1.82) is 0 Å². The highest BCUT2D eigenvalue weighted by atomic mass is 32.2. The van der Waals surface area contributed by atoms with E-state index >= 15 is 0 Å². The highest BCUT2D eigenvalue weighted by molar-refractivity contribution is 7.88. The average Bonchev–Trinajstić information content (AvgIpc) is 3.24. The summed E-state index contributed by atoms with van der Waals surface area (Å²) in [5, 5.41) is 3.81. The normalized spacial score (nSPS) is 13.2. The van der Waals surface area contributed by atoms with E-state index < -0.39 is 10.0 Å². The second-order valence-corrected chi connectivity index (χ2v) is 11.2. The molecule has 2 heterocycles. The standard InChI is InChI=1S/C24H26N2O4S2/c1-14-12-19(30-4)20(21-18-10-11-31-23(18)24(27)25-22(14)21)17-8-6-16(7-9-17)15(2)13-26(3)32(5,28)29/h6-12,15H,13H2,1-5H3,(H,25,27)/t15-/m0/s1. The number of aromatic nitrogens is 1. The molecule has 0 bridgehead atoms. The second-order valence-electron chi connectivity index (χ2n) is 8.20. The number of hydrogen-bond acceptors (Lipinski definition) is 5. The van der Waals surface area contributed by atoms with Crippen LogP contribution in [-0.4, -0.2) is 44.7 Å². The monoisotopic (exact) mass is 470 g/mol. The van der Waals surface area contributed by atoms with Crippen LogP contribution < -0.4 is 10.3 Å². The molecule has 0 fully saturated rings. The number of likely N-dealkylation sites (N-methyl/N-ethyl adjacent to an activating group) is 1. The summed E-state index contributed by atoms with van der Waals surface area (Å²) in [6, 6.07) is 12.0. The number of methoxy groups -OCH3 is 1. The smallest absolute Gasteiger partial charge is 0.266 e. The number of aryl methyl sites for hydroxylation is 1. The predicted octanol–water partition coefficient (Wildman–Crippen LogP) is 4.72. The molecule has 4 rings (SSSR count). The summed E-state index contributed by atoms with van der Waals surface area (Å²) >= 11 is 1.43. The van der Waals surface area contributed by atoms with Gasteiger partial charge in [0.2, 0.25) is 10.0 Å². The van der Waals surface area contributed by atoms with Crippen LogP contribution in [0, 0.1) is 6.92 Å². The topological polar surface area (TPSA) is 79.5 Å². The molecule has 1 N–H and O–H groups in total. The molecule has 0 saturated carbocycles. The summed E-state index contributed by atoms with van der Waals surface area (Å²) < 4.78 is 31.3. The van der Waals surface area contributed by atoms with E-state index in [0.29, 0.717) is 11.2 Å². The molecule has 0 unspecified atom stereocenters. The lowest BCUT2D eigenvalue weighted by atomic mass is 9.93. The molecule has 1 atom stereocenters. The summed E-state index contributed by atoms with van der Waals surface area (Å²) in [5.41, 5.74) is 4.62. The minimum Gasteiger partial charge on any atom is -0.496 e. The maximum atomic E-state index is 12.6. The van der Waals surface area contributed by atoms with Crippen molar-refractivity contribution in [3.05, 3.63) is 63.3 Å². The third-order valence-corrected chi connectivity index (χ3v) is 8.15. The minimum atomic E-state index is -3.22. The van der Waals surface area contributed by atoms with Crippen molar-refractivity contribution in [2.75, 3.05) is 27.0 Å². The SMILES string of the molecule is COc1cc(C)c2[nH]c(=O)c3sccc3c2c1-c1ccc([C@@H](C)CN(C)S(C)(=O)=O)cc1. The highest BCUT2D eigenvalue weighted by Gasteiger charge is 2.19. The molecule has 0 saturated heterocycles. The van der Waals surface area contributed by atoms with Gasteiger partial charge in [0.1, 0.15) is 10.4 Å². The number of nitrogens with one attached hydrogen (secondary N) is 1. The Bertz CT molecular complexity index is 1470. The number of H-pyrrole nitrogens is 1. The zero-order chi connectivity index (χ0) is 23.2. The Morgan fingerprint density at radius 1 is 1.19 bits per heavy atom. The number of sulfonamides is 1. The average molecular weight is 471 g/mol. The Labute approximate surface area is 191 Å². The van der Waals surface area contributed by atoms with Gasteiger partial charge in [-0.05, 0) is 47.0 Å². The minimum absolute atomic E-state index is 0.0420. The molecular formula is C24H26N2O4S2. The summed E-state index contributed by atoms with van der Waals surface area (Å²) in [7, 11) is 0.0200. The van der Waals surface area contributed by atoms with Crippen molar-refractivity contribution >= 4 is 42.3 Å². The molecule has 32 heavy (non-hydrogen) atoms. The van der Waals surface area contributed by atoms with Crippen LogP contribution in [0.3, 0.4) is 0 Å². The van der Waals surface area contributed by atoms with E-state index in [-0.39, 0.29) is 11.5 Å². The van der Waals surface area contributed by atoms with Crippen molar-refractivity contribution < 1.29 is 13.2 Å². The van der Waals surface area contributed by atoms with Gasteiger partial charge in [-0.2, -0.15) is 0 Å². The zero-order valence-corrected chi connectivity index (χ0v) is 20.4. The molecule has 0 radical (unpaired) electrons. The third kappa shape index (κ3) is 3.94. The first-order valence-electron chi connectivity index (χ1n) is 10.2. The molecule has 6 nitrogen and oxygen atoms in total. The Kier molecular flexibility index (Phi) is 5.87. The second kappa shape index (κ2) is 8.35. The molecular weight excluding hydrogens is 444 g/mol. The summed E-state index contributed by atoms with van der Waals surface area (Å²) in [6.45, 7) is 4.38. The maximum Gasteiger partial charge on any atom is 0.266 e. The number of thiophene rings is 1. The lowest BCUT2D eigenvalue weighted by Gasteiger charge is -2.20. The van der Waals surface area contributed by atoms with Crippen LogP contribution in [-0.2, 0) is 10.0 Å². The molecule has 0 aliphatic rings. The van der Waals surface area contributed by atoms with E-state index in [4.69, 9.17) is 4.74 Å². The van der Waals surface area contributed by atoms with Gasteiger partial charge in [-0.3, -0.25) is 4.79 Å². The first-order chi connectivity index (χ1) is 15.1. The van der Waals surface area contributed by atoms with Gasteiger partial charge in [0, 0.05) is 29.9 Å². The first-order valence-corrected chi connectivity index (χ1v) is 13.0. The van der Waals surface area contributed by atoms with Gasteiger partial charge in [0.25, 0.3) is 5.56 Å². The predicted molar refractivity (Wildman–Crippen MR) is 133 cm³/mol. The van der Waals surface area contributed by atoms with Gasteiger partial charge >= 0.3 is 0 Å². The fraction of sp³-hybridized carbons (Fsp3) is 0.292. The van der Waals surface area contributed by atoms with E-state index in [1.807, 2.05) is 55.6 Å². The molecule has 8 heteroatoms. The van der Waals surface area contributed by atoms with E-state index in [0.717, 1.165) is 44.3 Å². The first kappa shape index (κ1) is 22.5. The van der Waals surface area contributed by atoms with Crippen molar-refractivity contribution in [3.63, 3.8) is 0 Å². The van der Waals surface area contributed by atoms with Gasteiger partial charge in [-0.15, -0.1) is 11.3 Å². The Balaban J connectivity index is 1.86. The van der Waals surface area contributed by atoms with Crippen LogP contribution in [0.1, 0.15) is 24.0 Å². The molecule has 0 aliphatic heterocycles. The van der Waals surface area contributed by atoms with Gasteiger partial charge < -0.3 is 9.72 Å². The number of pyridine rings is 1. The van der Waals surface area contributed by atoms with Crippen LogP contribution >= 0.6 is 11.3 Å². The Morgan fingerprint density at radius 2 is 1.88 bits per heavy atom. The molecule has 2 aromatic heterocycles. The van der Waals surface area contributed by atoms with Crippen LogP contribution in [0.15, 0.2) is 46.6 Å². The van der Waals surface area contributed by atoms with Crippen LogP contribution in [0.5, 0.6) is 5.75 Å². The molecule has 0 spiro atoms. The number of fused-ring (bicyclic) bond motifs is 3. The third-order valence-electron chi connectivity index (χ3n) is 5.95. The Morgan fingerprint density at radius 3 is 2.50 bits per heavy atom. The quantitative estimate of drug-likeness (QED) is 0.442. The van der Waals surface area contributed by atoms with E-state index in [9.17, 15) is 13.2 Å². The van der Waals surface area contributed by atoms with Crippen LogP contribution in [0.2, 0.25) is 0 Å². The molecule has 168 valence electrons. The van der Waals surface area contributed by atoms with E-state index in [1.54, 1.807) is 14.2 Å². The number of rotatable bonds is 6. The van der Waals surface area contributed by atoms with Crippen molar-refractivity contribution in [3.8, 4) is 16.9 Å². The lowest BCUT2D eigenvalue weighted by molar-refractivity contribution is 0.416. The van der Waals surface area contributed by atoms with Crippen molar-refractivity contribution in [1.82, 2.24) is 9.29 Å². The molecule has 2 aromatic carbocycles. The maximum absolute atomic E-state index is 12.6. The molecule has 4 aromatic rings. The summed E-state index contributed by atoms with van der Waals surface area (Å²) in [6.07, 6.45) is 1.22. The van der Waals surface area contributed by atoms with Gasteiger partial charge in [-0.1, -0.05) is 31.2 Å². The van der Waals surface area contributed by atoms with E-state index in [1.165, 1.54) is 21.9 Å². The van der Waals surface area contributed by atoms with Gasteiger partial charge in [0.05, 0.1) is 18.9 Å². The van der Waals surface area contributed by atoms with Crippen molar-refractivity contribution in [2.45, 2.75) is 19.8 Å². The number of hydrogen-bond donors (Lipinski definition) is 1. The fourth-order valence-electron chi connectivity index (χ4n) is 4.12. The fourth-order valence-corrected chi connectivity index (χ4v) is 5.41. The largest absolute Gasteiger partial charge is 0.496 e. The van der Waals surface area contributed by atoms with Gasteiger partial charge in [-0.25, -0.2) is 12.7 Å². The van der Waals surface area contributed by atoms with Crippen LogP contribution in [0.4, 0.5) is 0 Å². The van der Waals surface area contributed by atoms with Crippen molar-refractivity contribution in [2.24, 2.45) is 0 Å². The number of aromatic amines is 1. The summed E-state index contributed by atoms with van der Waals surface area (Å²) in [4.78, 5) is 15.6. The highest BCUT2D eigenvalue weighted by Crippen LogP contribution is 2.42. The Hall–Kier alpha value is -2.68. The summed E-state index contributed by atoms with van der Waals surface area (Å²) in [5.74, 6) is 0.785. The number of ether oxygens (including phenoxy) is 1.